The Morgan fingerprint density at radius 2 is 1.57 bits per heavy atom. The number of hydrogen-bond donors (Lipinski definition) is 1. The number of nitrogens with zero attached hydrogens (tertiary/aromatic N) is 3. The van der Waals surface area contributed by atoms with Gasteiger partial charge in [0.05, 0.1) is 10.6 Å². The van der Waals surface area contributed by atoms with Gasteiger partial charge in [-0.2, -0.15) is 0 Å². The average molecular weight is 423 g/mol. The molecule has 0 amide bonds. The molecule has 30 heavy (non-hydrogen) atoms. The fourth-order valence-corrected chi connectivity index (χ4v) is 4.66. The summed E-state index contributed by atoms with van der Waals surface area (Å²) < 4.78 is 27.8. The Hall–Kier alpha value is -2.93. The number of hydrogen-bond acceptors (Lipinski definition) is 5. The molecule has 0 bridgehead atoms. The zero-order valence-electron chi connectivity index (χ0n) is 17.1. The van der Waals surface area contributed by atoms with Crippen LogP contribution in [0.4, 0.5) is 11.5 Å². The second-order valence-electron chi connectivity index (χ2n) is 7.50. The molecule has 0 radical (unpaired) electrons. The fraction of sp³-hybridized carbons (Fsp3) is 0.304. The first-order chi connectivity index (χ1) is 14.5. The summed E-state index contributed by atoms with van der Waals surface area (Å²) in [6.45, 7) is 4.10. The zero-order chi connectivity index (χ0) is 21.0. The number of aryl methyl sites for hydroxylation is 1. The molecule has 1 saturated heterocycles. The Morgan fingerprint density at radius 1 is 0.867 bits per heavy atom. The molecule has 1 aromatic heterocycles. The van der Waals surface area contributed by atoms with E-state index in [1.54, 1.807) is 24.3 Å². The van der Waals surface area contributed by atoms with Crippen LogP contribution in [-0.2, 0) is 16.4 Å². The molecule has 156 valence electrons. The molecule has 1 N–H and O–H groups in total. The van der Waals surface area contributed by atoms with E-state index in [1.807, 2.05) is 43.3 Å². The van der Waals surface area contributed by atoms with Gasteiger partial charge in [-0.3, -0.25) is 4.72 Å². The lowest BCUT2D eigenvalue weighted by Gasteiger charge is -2.27. The molecule has 0 atom stereocenters. The van der Waals surface area contributed by atoms with Gasteiger partial charge in [0, 0.05) is 24.3 Å². The molecule has 4 rings (SSSR count). The van der Waals surface area contributed by atoms with Crippen molar-refractivity contribution in [1.82, 2.24) is 10.2 Å². The smallest absolute Gasteiger partial charge is 0.261 e. The standard InChI is InChI=1S/C23H26N4O2S/c1-2-18-6-12-21(13-7-18)30(28,29)26-20-10-8-19(9-11-20)22-14-15-23(25-24-22)27-16-4-3-5-17-27/h6-15,26H,2-5,16-17H2,1H3. The van der Waals surface area contributed by atoms with Crippen molar-refractivity contribution in [3.05, 3.63) is 66.2 Å². The highest BCUT2D eigenvalue weighted by Crippen LogP contribution is 2.23. The molecule has 0 spiro atoms. The van der Waals surface area contributed by atoms with Gasteiger partial charge in [0.25, 0.3) is 10.0 Å². The second-order valence-corrected chi connectivity index (χ2v) is 9.19. The maximum absolute atomic E-state index is 12.6. The van der Waals surface area contributed by atoms with Crippen LogP contribution in [0, 0.1) is 0 Å². The average Bonchev–Trinajstić information content (AvgIpc) is 2.80. The lowest BCUT2D eigenvalue weighted by Crippen LogP contribution is -2.30. The van der Waals surface area contributed by atoms with Gasteiger partial charge in [0.1, 0.15) is 0 Å². The molecule has 0 saturated carbocycles. The topological polar surface area (TPSA) is 75.2 Å². The van der Waals surface area contributed by atoms with Crippen LogP contribution < -0.4 is 9.62 Å². The first-order valence-corrected chi connectivity index (χ1v) is 11.8. The van der Waals surface area contributed by atoms with E-state index < -0.39 is 10.0 Å². The predicted octanol–water partition coefficient (Wildman–Crippen LogP) is 4.50. The molecular formula is C23H26N4O2S. The molecule has 6 nitrogen and oxygen atoms in total. The maximum atomic E-state index is 12.6. The molecule has 2 heterocycles. The summed E-state index contributed by atoms with van der Waals surface area (Å²) in [5, 5.41) is 8.74. The van der Waals surface area contributed by atoms with Crippen molar-refractivity contribution in [3.8, 4) is 11.3 Å². The Kier molecular flexibility index (Phi) is 5.99. The van der Waals surface area contributed by atoms with Gasteiger partial charge in [-0.15, -0.1) is 10.2 Å². The third-order valence-electron chi connectivity index (χ3n) is 5.41. The highest BCUT2D eigenvalue weighted by Gasteiger charge is 2.15. The first kappa shape index (κ1) is 20.3. The van der Waals surface area contributed by atoms with Crippen LogP contribution in [0.1, 0.15) is 31.7 Å². The van der Waals surface area contributed by atoms with Crippen molar-refractivity contribution in [2.24, 2.45) is 0 Å². The van der Waals surface area contributed by atoms with Crippen LogP contribution in [0.5, 0.6) is 0 Å². The molecule has 7 heteroatoms. The van der Waals surface area contributed by atoms with Crippen molar-refractivity contribution in [3.63, 3.8) is 0 Å². The molecular weight excluding hydrogens is 396 g/mol. The van der Waals surface area contributed by atoms with E-state index in [9.17, 15) is 8.42 Å². The number of rotatable bonds is 6. The van der Waals surface area contributed by atoms with Crippen LogP contribution in [-0.4, -0.2) is 31.7 Å². The molecule has 3 aromatic rings. The molecule has 0 unspecified atom stereocenters. The van der Waals surface area contributed by atoms with Gasteiger partial charge < -0.3 is 4.90 Å². The maximum Gasteiger partial charge on any atom is 0.261 e. The summed E-state index contributed by atoms with van der Waals surface area (Å²) in [4.78, 5) is 2.52. The van der Waals surface area contributed by atoms with Gasteiger partial charge in [-0.1, -0.05) is 31.2 Å². The van der Waals surface area contributed by atoms with Gasteiger partial charge >= 0.3 is 0 Å². The highest BCUT2D eigenvalue weighted by atomic mass is 32.2. The van der Waals surface area contributed by atoms with Crippen LogP contribution in [0.15, 0.2) is 65.6 Å². The Balaban J connectivity index is 1.45. The van der Waals surface area contributed by atoms with Crippen molar-refractivity contribution < 1.29 is 8.42 Å². The van der Waals surface area contributed by atoms with Crippen LogP contribution in [0.2, 0.25) is 0 Å². The molecule has 1 aliphatic rings. The van der Waals surface area contributed by atoms with E-state index in [2.05, 4.69) is 19.8 Å². The third kappa shape index (κ3) is 4.62. The minimum absolute atomic E-state index is 0.253. The molecule has 2 aromatic carbocycles. The molecule has 1 aliphatic heterocycles. The summed E-state index contributed by atoms with van der Waals surface area (Å²) in [7, 11) is -3.62. The number of benzene rings is 2. The Bertz CT molecular complexity index is 1070. The van der Waals surface area contributed by atoms with Crippen molar-refractivity contribution in [1.29, 1.82) is 0 Å². The fourth-order valence-electron chi connectivity index (χ4n) is 3.60. The van der Waals surface area contributed by atoms with E-state index in [-0.39, 0.29) is 4.90 Å². The normalized spacial score (nSPS) is 14.5. The minimum atomic E-state index is -3.62. The van der Waals surface area contributed by atoms with Gasteiger partial charge in [-0.05, 0) is 67.6 Å². The third-order valence-corrected chi connectivity index (χ3v) is 6.80. The predicted molar refractivity (Wildman–Crippen MR) is 120 cm³/mol. The van der Waals surface area contributed by atoms with Crippen LogP contribution in [0.25, 0.3) is 11.3 Å². The number of piperidine rings is 1. The monoisotopic (exact) mass is 422 g/mol. The number of nitrogens with one attached hydrogen (secondary N) is 1. The number of anilines is 2. The van der Waals surface area contributed by atoms with E-state index in [0.717, 1.165) is 42.1 Å². The minimum Gasteiger partial charge on any atom is -0.355 e. The largest absolute Gasteiger partial charge is 0.355 e. The quantitative estimate of drug-likeness (QED) is 0.633. The highest BCUT2D eigenvalue weighted by molar-refractivity contribution is 7.92. The summed E-state index contributed by atoms with van der Waals surface area (Å²) >= 11 is 0. The lowest BCUT2D eigenvalue weighted by atomic mass is 10.1. The second kappa shape index (κ2) is 8.83. The Labute approximate surface area is 178 Å². The van der Waals surface area contributed by atoms with Crippen molar-refractivity contribution >= 4 is 21.5 Å². The summed E-state index contributed by atoms with van der Waals surface area (Å²) in [5.41, 5.74) is 3.27. The SMILES string of the molecule is CCc1ccc(S(=O)(=O)Nc2ccc(-c3ccc(N4CCCCC4)nn3)cc2)cc1. The number of aromatic nitrogens is 2. The molecule has 0 aliphatic carbocycles. The van der Waals surface area contributed by atoms with Crippen molar-refractivity contribution in [2.45, 2.75) is 37.5 Å². The first-order valence-electron chi connectivity index (χ1n) is 10.4. The Morgan fingerprint density at radius 3 is 2.17 bits per heavy atom. The van der Waals surface area contributed by atoms with E-state index in [1.165, 1.54) is 19.3 Å². The van der Waals surface area contributed by atoms with E-state index in [4.69, 9.17) is 0 Å². The van der Waals surface area contributed by atoms with Crippen molar-refractivity contribution in [2.75, 3.05) is 22.7 Å². The van der Waals surface area contributed by atoms with Gasteiger partial charge in [0.2, 0.25) is 0 Å². The van der Waals surface area contributed by atoms with Crippen LogP contribution in [0.3, 0.4) is 0 Å². The molecule has 1 fully saturated rings. The zero-order valence-corrected chi connectivity index (χ0v) is 17.9. The van der Waals surface area contributed by atoms with E-state index in [0.29, 0.717) is 5.69 Å². The number of sulfonamides is 1. The summed E-state index contributed by atoms with van der Waals surface area (Å²) in [5.74, 6) is 0.914. The van der Waals surface area contributed by atoms with Gasteiger partial charge in [-0.25, -0.2) is 8.42 Å². The summed E-state index contributed by atoms with van der Waals surface area (Å²) in [6.07, 6.45) is 4.55. The van der Waals surface area contributed by atoms with E-state index >= 15 is 0 Å². The summed E-state index contributed by atoms with van der Waals surface area (Å²) in [6, 6.07) is 18.1. The lowest BCUT2D eigenvalue weighted by molar-refractivity contribution is 0.571. The van der Waals surface area contributed by atoms with Crippen LogP contribution >= 0.6 is 0 Å². The van der Waals surface area contributed by atoms with Gasteiger partial charge in [0.15, 0.2) is 5.82 Å².